The van der Waals surface area contributed by atoms with Gasteiger partial charge in [0.05, 0.1) is 12.7 Å². The van der Waals surface area contributed by atoms with Gasteiger partial charge in [-0.2, -0.15) is 13.2 Å². The lowest BCUT2D eigenvalue weighted by atomic mass is 9.90. The fourth-order valence-electron chi connectivity index (χ4n) is 2.88. The first-order chi connectivity index (χ1) is 11.4. The van der Waals surface area contributed by atoms with Crippen LogP contribution >= 0.6 is 0 Å². The zero-order valence-corrected chi connectivity index (χ0v) is 13.0. The molecule has 0 spiro atoms. The summed E-state index contributed by atoms with van der Waals surface area (Å²) in [5.74, 6) is 0.514. The van der Waals surface area contributed by atoms with Gasteiger partial charge in [-0.15, -0.1) is 0 Å². The molecule has 2 aromatic carbocycles. The predicted molar refractivity (Wildman–Crippen MR) is 87.2 cm³/mol. The zero-order valence-electron chi connectivity index (χ0n) is 13.0. The number of alkyl halides is 3. The Morgan fingerprint density at radius 1 is 1.12 bits per heavy atom. The fraction of sp³-hybridized carbons (Fsp3) is 0.222. The van der Waals surface area contributed by atoms with Crippen LogP contribution in [-0.4, -0.2) is 18.6 Å². The van der Waals surface area contributed by atoms with Crippen LogP contribution in [0.2, 0.25) is 0 Å². The minimum Gasteiger partial charge on any atom is -0.497 e. The first-order valence-corrected chi connectivity index (χ1v) is 7.46. The molecule has 1 atom stereocenters. The van der Waals surface area contributed by atoms with E-state index < -0.39 is 11.7 Å². The van der Waals surface area contributed by atoms with Crippen molar-refractivity contribution in [3.05, 3.63) is 65.4 Å². The van der Waals surface area contributed by atoms with Crippen LogP contribution in [0.4, 0.5) is 13.2 Å². The van der Waals surface area contributed by atoms with E-state index in [4.69, 9.17) is 10.5 Å². The number of hydrogen-bond acceptors (Lipinski definition) is 2. The number of methoxy groups -OCH3 is 1. The maximum Gasteiger partial charge on any atom is 0.416 e. The number of aromatic amines is 1. The fourth-order valence-corrected chi connectivity index (χ4v) is 2.88. The zero-order chi connectivity index (χ0) is 17.3. The summed E-state index contributed by atoms with van der Waals surface area (Å²) < 4.78 is 43.4. The van der Waals surface area contributed by atoms with Crippen molar-refractivity contribution < 1.29 is 17.9 Å². The summed E-state index contributed by atoms with van der Waals surface area (Å²) in [5, 5.41) is 0.949. The van der Waals surface area contributed by atoms with Gasteiger partial charge in [0.1, 0.15) is 5.75 Å². The van der Waals surface area contributed by atoms with E-state index in [1.807, 2.05) is 24.4 Å². The number of H-pyrrole nitrogens is 1. The predicted octanol–water partition coefficient (Wildman–Crippen LogP) is 4.29. The van der Waals surface area contributed by atoms with Crippen LogP contribution in [0, 0.1) is 0 Å². The third-order valence-corrected chi connectivity index (χ3v) is 4.17. The van der Waals surface area contributed by atoms with Gasteiger partial charge in [0.2, 0.25) is 0 Å². The summed E-state index contributed by atoms with van der Waals surface area (Å²) in [7, 11) is 1.59. The van der Waals surface area contributed by atoms with Crippen molar-refractivity contribution in [1.82, 2.24) is 4.98 Å². The highest BCUT2D eigenvalue weighted by Gasteiger charge is 2.30. The number of aromatic nitrogens is 1. The average Bonchev–Trinajstić information content (AvgIpc) is 2.98. The molecule has 1 aromatic heterocycles. The first kappa shape index (κ1) is 16.4. The van der Waals surface area contributed by atoms with Gasteiger partial charge in [-0.3, -0.25) is 0 Å². The molecule has 0 fully saturated rings. The van der Waals surface area contributed by atoms with E-state index in [0.717, 1.165) is 34.2 Å². The minimum atomic E-state index is -4.34. The topological polar surface area (TPSA) is 51.0 Å². The molecule has 0 bridgehead atoms. The van der Waals surface area contributed by atoms with E-state index in [9.17, 15) is 13.2 Å². The van der Waals surface area contributed by atoms with Crippen LogP contribution in [0.3, 0.4) is 0 Å². The summed E-state index contributed by atoms with van der Waals surface area (Å²) in [6.07, 6.45) is -2.50. The van der Waals surface area contributed by atoms with Crippen LogP contribution in [0.15, 0.2) is 48.7 Å². The van der Waals surface area contributed by atoms with Gasteiger partial charge >= 0.3 is 6.18 Å². The van der Waals surface area contributed by atoms with Gasteiger partial charge in [-0.1, -0.05) is 12.1 Å². The van der Waals surface area contributed by atoms with E-state index >= 15 is 0 Å². The number of rotatable bonds is 4. The Labute approximate surface area is 137 Å². The number of benzene rings is 2. The quantitative estimate of drug-likeness (QED) is 0.748. The normalized spacial score (nSPS) is 13.2. The van der Waals surface area contributed by atoms with Crippen molar-refractivity contribution >= 4 is 10.9 Å². The number of ether oxygens (including phenoxy) is 1. The molecule has 3 rings (SSSR count). The number of hydrogen-bond donors (Lipinski definition) is 2. The first-order valence-electron chi connectivity index (χ1n) is 7.46. The Morgan fingerprint density at radius 3 is 2.42 bits per heavy atom. The second-order valence-corrected chi connectivity index (χ2v) is 5.56. The Morgan fingerprint density at radius 2 is 1.83 bits per heavy atom. The molecular formula is C18H17F3N2O. The lowest BCUT2D eigenvalue weighted by Gasteiger charge is -2.16. The van der Waals surface area contributed by atoms with E-state index in [1.54, 1.807) is 7.11 Å². The molecule has 1 heterocycles. The Bertz CT molecular complexity index is 838. The monoisotopic (exact) mass is 334 g/mol. The van der Waals surface area contributed by atoms with Crippen molar-refractivity contribution in [3.63, 3.8) is 0 Å². The Balaban J connectivity index is 2.03. The van der Waals surface area contributed by atoms with Crippen LogP contribution in [0.25, 0.3) is 10.9 Å². The summed E-state index contributed by atoms with van der Waals surface area (Å²) in [6, 6.07) is 10.8. The molecular weight excluding hydrogens is 317 g/mol. The van der Waals surface area contributed by atoms with Gasteiger partial charge in [0.15, 0.2) is 0 Å². The maximum absolute atomic E-state index is 12.7. The molecule has 0 aliphatic rings. The van der Waals surface area contributed by atoms with Crippen molar-refractivity contribution in [1.29, 1.82) is 0 Å². The molecule has 0 aliphatic carbocycles. The molecule has 3 nitrogen and oxygen atoms in total. The number of halogens is 3. The molecule has 3 N–H and O–H groups in total. The highest BCUT2D eigenvalue weighted by molar-refractivity contribution is 5.85. The molecule has 6 heteroatoms. The Hall–Kier alpha value is -2.47. The molecule has 0 saturated carbocycles. The van der Waals surface area contributed by atoms with E-state index in [-0.39, 0.29) is 12.5 Å². The van der Waals surface area contributed by atoms with E-state index in [0.29, 0.717) is 5.75 Å². The number of nitrogens with one attached hydrogen (secondary N) is 1. The Kier molecular flexibility index (Phi) is 4.24. The molecule has 0 radical (unpaired) electrons. The van der Waals surface area contributed by atoms with E-state index in [2.05, 4.69) is 4.98 Å². The highest BCUT2D eigenvalue weighted by atomic mass is 19.4. The van der Waals surface area contributed by atoms with E-state index in [1.165, 1.54) is 12.1 Å². The van der Waals surface area contributed by atoms with Crippen molar-refractivity contribution in [2.75, 3.05) is 13.7 Å². The van der Waals surface area contributed by atoms with Gasteiger partial charge in [0, 0.05) is 29.6 Å². The average molecular weight is 334 g/mol. The summed E-state index contributed by atoms with van der Waals surface area (Å²) >= 11 is 0. The highest BCUT2D eigenvalue weighted by Crippen LogP contribution is 2.34. The molecule has 0 aliphatic heterocycles. The van der Waals surface area contributed by atoms with Crippen LogP contribution in [0.5, 0.6) is 5.75 Å². The standard InChI is InChI=1S/C18H17F3N2O/c1-24-13-6-7-17-14(8-13)16(10-23-17)15(9-22)11-2-4-12(5-3-11)18(19,20)21/h2-8,10,15,23H,9,22H2,1H3/t15-/m0/s1. The van der Waals surface area contributed by atoms with Gasteiger partial charge in [-0.25, -0.2) is 0 Å². The van der Waals surface area contributed by atoms with Crippen LogP contribution in [0.1, 0.15) is 22.6 Å². The molecule has 24 heavy (non-hydrogen) atoms. The van der Waals surface area contributed by atoms with Crippen molar-refractivity contribution in [2.45, 2.75) is 12.1 Å². The third kappa shape index (κ3) is 2.97. The summed E-state index contributed by atoms with van der Waals surface area (Å²) in [6.45, 7) is 0.287. The second-order valence-electron chi connectivity index (χ2n) is 5.56. The summed E-state index contributed by atoms with van der Waals surface area (Å²) in [4.78, 5) is 3.17. The lowest BCUT2D eigenvalue weighted by Crippen LogP contribution is -2.14. The molecule has 126 valence electrons. The van der Waals surface area contributed by atoms with Crippen LogP contribution in [-0.2, 0) is 6.18 Å². The van der Waals surface area contributed by atoms with Crippen molar-refractivity contribution in [3.8, 4) is 5.75 Å². The SMILES string of the molecule is COc1ccc2[nH]cc([C@@H](CN)c3ccc(C(F)(F)F)cc3)c2c1. The third-order valence-electron chi connectivity index (χ3n) is 4.17. The smallest absolute Gasteiger partial charge is 0.416 e. The largest absolute Gasteiger partial charge is 0.497 e. The van der Waals surface area contributed by atoms with Gasteiger partial charge in [0.25, 0.3) is 0 Å². The molecule has 3 aromatic rings. The summed E-state index contributed by atoms with van der Waals surface area (Å²) in [5.41, 5.74) is 7.86. The van der Waals surface area contributed by atoms with Gasteiger partial charge < -0.3 is 15.5 Å². The number of nitrogens with two attached hydrogens (primary N) is 1. The molecule has 0 unspecified atom stereocenters. The van der Waals surface area contributed by atoms with Crippen LogP contribution < -0.4 is 10.5 Å². The molecule has 0 saturated heterocycles. The number of fused-ring (bicyclic) bond motifs is 1. The van der Waals surface area contributed by atoms with Crippen molar-refractivity contribution in [2.24, 2.45) is 5.73 Å². The van der Waals surface area contributed by atoms with Gasteiger partial charge in [-0.05, 0) is 41.5 Å². The second kappa shape index (κ2) is 6.20. The maximum atomic E-state index is 12.7. The minimum absolute atomic E-state index is 0.201. The molecule has 0 amide bonds. The lowest BCUT2D eigenvalue weighted by molar-refractivity contribution is -0.137.